The smallest absolute Gasteiger partial charge is 0.305 e. The van der Waals surface area contributed by atoms with Gasteiger partial charge in [0.2, 0.25) is 0 Å². The summed E-state index contributed by atoms with van der Waals surface area (Å²) in [4.78, 5) is 11.6. The lowest BCUT2D eigenvalue weighted by atomic mass is 9.83. The molecule has 106 valence electrons. The second-order valence-corrected chi connectivity index (χ2v) is 5.58. The minimum Gasteiger partial charge on any atom is -0.466 e. The second kappa shape index (κ2) is 9.37. The lowest BCUT2D eigenvalue weighted by molar-refractivity contribution is -0.144. The first-order valence-electron chi connectivity index (χ1n) is 7.62. The van der Waals surface area contributed by atoms with E-state index in [4.69, 9.17) is 10.5 Å². The predicted molar refractivity (Wildman–Crippen MR) is 74.2 cm³/mol. The molecule has 3 nitrogen and oxygen atoms in total. The van der Waals surface area contributed by atoms with Gasteiger partial charge in [0.1, 0.15) is 0 Å². The van der Waals surface area contributed by atoms with Crippen LogP contribution in [-0.4, -0.2) is 19.1 Å². The van der Waals surface area contributed by atoms with Crippen molar-refractivity contribution in [3.8, 4) is 0 Å². The quantitative estimate of drug-likeness (QED) is 0.610. The third kappa shape index (κ3) is 6.39. The first-order chi connectivity index (χ1) is 8.76. The van der Waals surface area contributed by atoms with Gasteiger partial charge in [-0.15, -0.1) is 0 Å². The molecule has 18 heavy (non-hydrogen) atoms. The van der Waals surface area contributed by atoms with Crippen molar-refractivity contribution >= 4 is 5.97 Å². The van der Waals surface area contributed by atoms with Crippen molar-refractivity contribution in [3.05, 3.63) is 0 Å². The number of rotatable bonds is 10. The molecule has 1 fully saturated rings. The van der Waals surface area contributed by atoms with Crippen LogP contribution in [0, 0.1) is 11.8 Å². The molecule has 1 aliphatic carbocycles. The van der Waals surface area contributed by atoms with Gasteiger partial charge < -0.3 is 10.5 Å². The molecule has 2 N–H and O–H groups in total. The number of hydrogen-bond donors (Lipinski definition) is 1. The Labute approximate surface area is 111 Å². The van der Waals surface area contributed by atoms with Crippen molar-refractivity contribution in [2.45, 2.75) is 64.7 Å². The highest BCUT2D eigenvalue weighted by molar-refractivity contribution is 5.69. The van der Waals surface area contributed by atoms with E-state index in [-0.39, 0.29) is 5.97 Å². The van der Waals surface area contributed by atoms with Crippen molar-refractivity contribution in [2.75, 3.05) is 13.2 Å². The highest BCUT2D eigenvalue weighted by Gasteiger charge is 2.17. The Morgan fingerprint density at radius 2 is 2.11 bits per heavy atom. The van der Waals surface area contributed by atoms with Gasteiger partial charge in [-0.3, -0.25) is 4.79 Å². The zero-order valence-electron chi connectivity index (χ0n) is 11.8. The minimum atomic E-state index is -0.0209. The number of esters is 1. The van der Waals surface area contributed by atoms with E-state index in [1.54, 1.807) is 0 Å². The zero-order valence-corrected chi connectivity index (χ0v) is 11.8. The lowest BCUT2D eigenvalue weighted by Gasteiger charge is -2.24. The first kappa shape index (κ1) is 15.5. The van der Waals surface area contributed by atoms with Crippen LogP contribution < -0.4 is 5.73 Å². The van der Waals surface area contributed by atoms with Crippen LogP contribution in [0.3, 0.4) is 0 Å². The third-order valence-corrected chi connectivity index (χ3v) is 4.04. The van der Waals surface area contributed by atoms with Crippen molar-refractivity contribution in [1.29, 1.82) is 0 Å². The van der Waals surface area contributed by atoms with Crippen LogP contribution in [0.2, 0.25) is 0 Å². The summed E-state index contributed by atoms with van der Waals surface area (Å²) in [6.07, 6.45) is 9.95. The molecule has 1 saturated carbocycles. The number of nitrogens with two attached hydrogens (primary N) is 1. The van der Waals surface area contributed by atoms with Crippen molar-refractivity contribution < 1.29 is 9.53 Å². The van der Waals surface area contributed by atoms with E-state index in [2.05, 4.69) is 6.92 Å². The van der Waals surface area contributed by atoms with Crippen LogP contribution in [0.15, 0.2) is 0 Å². The minimum absolute atomic E-state index is 0.0209. The molecule has 0 spiro atoms. The average molecular weight is 255 g/mol. The van der Waals surface area contributed by atoms with Crippen LogP contribution in [0.25, 0.3) is 0 Å². The Kier molecular flexibility index (Phi) is 8.06. The molecule has 1 unspecified atom stereocenters. The Morgan fingerprint density at radius 1 is 1.33 bits per heavy atom. The fraction of sp³-hybridized carbons (Fsp3) is 0.933. The van der Waals surface area contributed by atoms with E-state index in [0.29, 0.717) is 18.9 Å². The van der Waals surface area contributed by atoms with E-state index >= 15 is 0 Å². The van der Waals surface area contributed by atoms with Crippen LogP contribution in [0.5, 0.6) is 0 Å². The van der Waals surface area contributed by atoms with E-state index in [9.17, 15) is 4.79 Å². The van der Waals surface area contributed by atoms with E-state index < -0.39 is 0 Å². The average Bonchev–Trinajstić information content (AvgIpc) is 2.30. The fourth-order valence-electron chi connectivity index (χ4n) is 2.59. The van der Waals surface area contributed by atoms with E-state index in [1.807, 2.05) is 0 Å². The van der Waals surface area contributed by atoms with Crippen molar-refractivity contribution in [2.24, 2.45) is 17.6 Å². The molecule has 0 heterocycles. The molecule has 0 aromatic heterocycles. The van der Waals surface area contributed by atoms with Gasteiger partial charge in [0, 0.05) is 6.42 Å². The highest BCUT2D eigenvalue weighted by Crippen LogP contribution is 2.29. The Balaban J connectivity index is 2.02. The monoisotopic (exact) mass is 255 g/mol. The topological polar surface area (TPSA) is 52.3 Å². The molecule has 0 radical (unpaired) electrons. The summed E-state index contributed by atoms with van der Waals surface area (Å²) in [6.45, 7) is 3.53. The summed E-state index contributed by atoms with van der Waals surface area (Å²) < 4.78 is 5.28. The van der Waals surface area contributed by atoms with Gasteiger partial charge in [-0.05, 0) is 37.6 Å². The maximum atomic E-state index is 11.6. The summed E-state index contributed by atoms with van der Waals surface area (Å²) in [7, 11) is 0. The van der Waals surface area contributed by atoms with Crippen LogP contribution in [0.4, 0.5) is 0 Å². The van der Waals surface area contributed by atoms with E-state index in [1.165, 1.54) is 32.1 Å². The van der Waals surface area contributed by atoms with Gasteiger partial charge in [-0.1, -0.05) is 39.0 Å². The van der Waals surface area contributed by atoms with Gasteiger partial charge >= 0.3 is 5.97 Å². The maximum absolute atomic E-state index is 11.6. The summed E-state index contributed by atoms with van der Waals surface area (Å²) in [5.74, 6) is 1.40. The summed E-state index contributed by atoms with van der Waals surface area (Å²) >= 11 is 0. The number of hydrogen-bond acceptors (Lipinski definition) is 3. The van der Waals surface area contributed by atoms with Crippen molar-refractivity contribution in [1.82, 2.24) is 0 Å². The lowest BCUT2D eigenvalue weighted by Crippen LogP contribution is -2.16. The number of carbonyl (C=O) groups excluding carboxylic acids is 1. The second-order valence-electron chi connectivity index (χ2n) is 5.58. The molecular weight excluding hydrogens is 226 g/mol. The molecule has 0 bridgehead atoms. The molecule has 1 atom stereocenters. The zero-order chi connectivity index (χ0) is 13.2. The molecule has 1 rings (SSSR count). The Morgan fingerprint density at radius 3 is 2.67 bits per heavy atom. The standard InChI is InChI=1S/C15H29NO2/c1-2-4-13(9-11-16)7-8-15(17)18-12-10-14-5-3-6-14/h13-14H,2-12,16H2,1H3. The van der Waals surface area contributed by atoms with Crippen molar-refractivity contribution in [3.63, 3.8) is 0 Å². The Hall–Kier alpha value is -0.570. The Bertz CT molecular complexity index is 221. The fourth-order valence-corrected chi connectivity index (χ4v) is 2.59. The van der Waals surface area contributed by atoms with Crippen LogP contribution >= 0.6 is 0 Å². The van der Waals surface area contributed by atoms with Crippen LogP contribution in [0.1, 0.15) is 64.7 Å². The van der Waals surface area contributed by atoms with Gasteiger partial charge in [-0.2, -0.15) is 0 Å². The first-order valence-corrected chi connectivity index (χ1v) is 7.62. The largest absolute Gasteiger partial charge is 0.466 e. The van der Waals surface area contributed by atoms with Gasteiger partial charge in [0.25, 0.3) is 0 Å². The van der Waals surface area contributed by atoms with Crippen LogP contribution in [-0.2, 0) is 9.53 Å². The van der Waals surface area contributed by atoms with E-state index in [0.717, 1.165) is 31.7 Å². The molecule has 0 aromatic rings. The molecular formula is C15H29NO2. The number of carbonyl (C=O) groups is 1. The molecule has 0 amide bonds. The molecule has 0 aliphatic heterocycles. The number of ether oxygens (including phenoxy) is 1. The highest BCUT2D eigenvalue weighted by atomic mass is 16.5. The van der Waals surface area contributed by atoms with Gasteiger partial charge in [-0.25, -0.2) is 0 Å². The molecule has 0 saturated heterocycles. The predicted octanol–water partition coefficient (Wildman–Crippen LogP) is 3.27. The summed E-state index contributed by atoms with van der Waals surface area (Å²) in [5.41, 5.74) is 5.59. The van der Waals surface area contributed by atoms with Gasteiger partial charge in [0.15, 0.2) is 0 Å². The molecule has 0 aromatic carbocycles. The molecule has 1 aliphatic rings. The molecule has 3 heteroatoms. The summed E-state index contributed by atoms with van der Waals surface area (Å²) in [6, 6.07) is 0. The maximum Gasteiger partial charge on any atom is 0.305 e. The SMILES string of the molecule is CCCC(CCN)CCC(=O)OCCC1CCC1. The summed E-state index contributed by atoms with van der Waals surface area (Å²) in [5, 5.41) is 0. The normalized spacial score (nSPS) is 17.2. The van der Waals surface area contributed by atoms with Gasteiger partial charge in [0.05, 0.1) is 6.61 Å². The third-order valence-electron chi connectivity index (χ3n) is 4.04.